The molecule has 3 rings (SSSR count). The second kappa shape index (κ2) is 5.79. The summed E-state index contributed by atoms with van der Waals surface area (Å²) in [6.07, 6.45) is 0. The number of amides is 2. The number of halogens is 1. The number of hydrogen-bond donors (Lipinski definition) is 2. The van der Waals surface area contributed by atoms with Crippen molar-refractivity contribution in [3.05, 3.63) is 64.0 Å². The minimum absolute atomic E-state index is 0.0353. The van der Waals surface area contributed by atoms with Crippen molar-refractivity contribution in [2.24, 2.45) is 0 Å². The van der Waals surface area contributed by atoms with Crippen LogP contribution in [0.2, 0.25) is 5.02 Å². The SMILES string of the molecule is O=C(NC(=O)c1sc2ccccc2c1Cl)c1ccccc1O. The Balaban J connectivity index is 1.89. The molecule has 1 aromatic heterocycles. The summed E-state index contributed by atoms with van der Waals surface area (Å²) in [5.74, 6) is -1.44. The molecule has 6 heteroatoms. The van der Waals surface area contributed by atoms with E-state index in [1.165, 1.54) is 23.5 Å². The largest absolute Gasteiger partial charge is 0.507 e. The molecule has 22 heavy (non-hydrogen) atoms. The van der Waals surface area contributed by atoms with Gasteiger partial charge >= 0.3 is 0 Å². The lowest BCUT2D eigenvalue weighted by Crippen LogP contribution is -2.30. The monoisotopic (exact) mass is 331 g/mol. The van der Waals surface area contributed by atoms with E-state index in [0.29, 0.717) is 5.02 Å². The molecular formula is C16H10ClNO3S. The van der Waals surface area contributed by atoms with Gasteiger partial charge in [0.1, 0.15) is 10.6 Å². The lowest BCUT2D eigenvalue weighted by atomic mass is 10.2. The summed E-state index contributed by atoms with van der Waals surface area (Å²) in [6.45, 7) is 0. The van der Waals surface area contributed by atoms with Crippen molar-refractivity contribution < 1.29 is 14.7 Å². The Labute approximate surface area is 135 Å². The molecule has 0 aliphatic carbocycles. The number of para-hydroxylation sites is 1. The van der Waals surface area contributed by atoms with Crippen molar-refractivity contribution in [3.63, 3.8) is 0 Å². The number of imide groups is 1. The molecule has 0 atom stereocenters. The molecule has 0 aliphatic rings. The van der Waals surface area contributed by atoms with Gasteiger partial charge in [-0.25, -0.2) is 0 Å². The summed E-state index contributed by atoms with van der Waals surface area (Å²) in [5, 5.41) is 13.0. The smallest absolute Gasteiger partial charge is 0.269 e. The van der Waals surface area contributed by atoms with Gasteiger partial charge in [-0.15, -0.1) is 11.3 Å². The van der Waals surface area contributed by atoms with Gasteiger partial charge in [0.25, 0.3) is 11.8 Å². The van der Waals surface area contributed by atoms with Crippen LogP contribution in [-0.2, 0) is 0 Å². The van der Waals surface area contributed by atoms with E-state index in [4.69, 9.17) is 11.6 Å². The fourth-order valence-electron chi connectivity index (χ4n) is 2.05. The van der Waals surface area contributed by atoms with E-state index in [1.807, 2.05) is 24.3 Å². The number of phenols is 1. The van der Waals surface area contributed by atoms with Crippen LogP contribution in [0.15, 0.2) is 48.5 Å². The van der Waals surface area contributed by atoms with Gasteiger partial charge in [-0.1, -0.05) is 41.9 Å². The van der Waals surface area contributed by atoms with Gasteiger partial charge in [0.2, 0.25) is 0 Å². The van der Waals surface area contributed by atoms with Crippen LogP contribution < -0.4 is 5.32 Å². The Bertz CT molecular complexity index is 888. The van der Waals surface area contributed by atoms with Crippen LogP contribution in [0.25, 0.3) is 10.1 Å². The van der Waals surface area contributed by atoms with Crippen LogP contribution >= 0.6 is 22.9 Å². The molecule has 2 N–H and O–H groups in total. The van der Waals surface area contributed by atoms with Crippen molar-refractivity contribution in [1.82, 2.24) is 5.32 Å². The third-order valence-electron chi connectivity index (χ3n) is 3.12. The summed E-state index contributed by atoms with van der Waals surface area (Å²) >= 11 is 7.42. The first-order valence-electron chi connectivity index (χ1n) is 6.38. The third kappa shape index (κ3) is 2.56. The Hall–Kier alpha value is -2.37. The Morgan fingerprint density at radius 3 is 2.41 bits per heavy atom. The Morgan fingerprint density at radius 1 is 1.00 bits per heavy atom. The maximum atomic E-state index is 12.2. The predicted molar refractivity (Wildman–Crippen MR) is 86.7 cm³/mol. The summed E-state index contributed by atoms with van der Waals surface area (Å²) < 4.78 is 0.868. The quantitative estimate of drug-likeness (QED) is 0.701. The zero-order valence-electron chi connectivity index (χ0n) is 11.2. The molecule has 0 spiro atoms. The average Bonchev–Trinajstić information content (AvgIpc) is 2.85. The van der Waals surface area contributed by atoms with Crippen molar-refractivity contribution in [2.75, 3.05) is 0 Å². The highest BCUT2D eigenvalue weighted by Gasteiger charge is 2.20. The van der Waals surface area contributed by atoms with Crippen LogP contribution in [0, 0.1) is 0 Å². The summed E-state index contributed by atoms with van der Waals surface area (Å²) in [4.78, 5) is 24.6. The normalized spacial score (nSPS) is 10.6. The zero-order chi connectivity index (χ0) is 15.7. The minimum atomic E-state index is -0.670. The molecule has 0 radical (unpaired) electrons. The second-order valence-corrected chi connectivity index (χ2v) is 5.97. The van der Waals surface area contributed by atoms with Gasteiger partial charge < -0.3 is 5.11 Å². The van der Waals surface area contributed by atoms with Crippen molar-refractivity contribution >= 4 is 44.8 Å². The number of aromatic hydroxyl groups is 1. The summed E-state index contributed by atoms with van der Waals surface area (Å²) in [6, 6.07) is 13.4. The number of phenolic OH excluding ortho intramolecular Hbond substituents is 1. The standard InChI is InChI=1S/C16H10ClNO3S/c17-13-10-6-2-4-8-12(10)22-14(13)16(21)18-15(20)9-5-1-3-7-11(9)19/h1-8,19H,(H,18,20,21). The van der Waals surface area contributed by atoms with Crippen LogP contribution in [0.1, 0.15) is 20.0 Å². The fraction of sp³-hybridized carbons (Fsp3) is 0. The van der Waals surface area contributed by atoms with Gasteiger partial charge in [0, 0.05) is 10.1 Å². The molecule has 0 fully saturated rings. The molecule has 0 saturated heterocycles. The van der Waals surface area contributed by atoms with Crippen LogP contribution in [0.5, 0.6) is 5.75 Å². The number of carbonyl (C=O) groups excluding carboxylic acids is 2. The van der Waals surface area contributed by atoms with E-state index < -0.39 is 11.8 Å². The summed E-state index contributed by atoms with van der Waals surface area (Å²) in [5.41, 5.74) is 0.0353. The van der Waals surface area contributed by atoms with Crippen LogP contribution in [0.3, 0.4) is 0 Å². The van der Waals surface area contributed by atoms with Gasteiger partial charge in [-0.05, 0) is 18.2 Å². The molecule has 110 valence electrons. The predicted octanol–water partition coefficient (Wildman–Crippen LogP) is 3.83. The van der Waals surface area contributed by atoms with E-state index in [9.17, 15) is 14.7 Å². The van der Waals surface area contributed by atoms with Crippen LogP contribution in [0.4, 0.5) is 0 Å². The Morgan fingerprint density at radius 2 is 1.68 bits per heavy atom. The second-order valence-electron chi connectivity index (χ2n) is 4.54. The molecule has 0 bridgehead atoms. The van der Waals surface area contributed by atoms with Gasteiger partial charge in [0.05, 0.1) is 10.6 Å². The van der Waals surface area contributed by atoms with Crippen molar-refractivity contribution in [2.45, 2.75) is 0 Å². The molecule has 3 aromatic rings. The average molecular weight is 332 g/mol. The summed E-state index contributed by atoms with van der Waals surface area (Å²) in [7, 11) is 0. The maximum absolute atomic E-state index is 12.2. The van der Waals surface area contributed by atoms with E-state index in [-0.39, 0.29) is 16.2 Å². The first-order valence-corrected chi connectivity index (χ1v) is 7.58. The van der Waals surface area contributed by atoms with Crippen LogP contribution in [-0.4, -0.2) is 16.9 Å². The molecule has 4 nitrogen and oxygen atoms in total. The van der Waals surface area contributed by atoms with E-state index >= 15 is 0 Å². The molecule has 0 unspecified atom stereocenters. The molecule has 1 heterocycles. The van der Waals surface area contributed by atoms with E-state index in [2.05, 4.69) is 5.32 Å². The number of thiophene rings is 1. The van der Waals surface area contributed by atoms with E-state index in [0.717, 1.165) is 10.1 Å². The third-order valence-corrected chi connectivity index (χ3v) is 4.79. The Kier molecular flexibility index (Phi) is 3.83. The first kappa shape index (κ1) is 14.6. The molecule has 2 aromatic carbocycles. The van der Waals surface area contributed by atoms with Crippen molar-refractivity contribution in [3.8, 4) is 5.75 Å². The number of nitrogens with one attached hydrogen (secondary N) is 1. The first-order chi connectivity index (χ1) is 10.6. The molecule has 0 aliphatic heterocycles. The maximum Gasteiger partial charge on any atom is 0.269 e. The lowest BCUT2D eigenvalue weighted by molar-refractivity contribution is 0.0850. The number of carbonyl (C=O) groups is 2. The molecule has 0 saturated carbocycles. The minimum Gasteiger partial charge on any atom is -0.507 e. The number of fused-ring (bicyclic) bond motifs is 1. The van der Waals surface area contributed by atoms with E-state index in [1.54, 1.807) is 12.1 Å². The molecule has 2 amide bonds. The highest BCUT2D eigenvalue weighted by molar-refractivity contribution is 7.21. The number of benzene rings is 2. The van der Waals surface area contributed by atoms with Gasteiger partial charge in [-0.2, -0.15) is 0 Å². The highest BCUT2D eigenvalue weighted by atomic mass is 35.5. The number of rotatable bonds is 2. The number of hydrogen-bond acceptors (Lipinski definition) is 4. The topological polar surface area (TPSA) is 66.4 Å². The zero-order valence-corrected chi connectivity index (χ0v) is 12.7. The fourth-order valence-corrected chi connectivity index (χ4v) is 3.47. The highest BCUT2D eigenvalue weighted by Crippen LogP contribution is 2.35. The van der Waals surface area contributed by atoms with Crippen molar-refractivity contribution in [1.29, 1.82) is 0 Å². The lowest BCUT2D eigenvalue weighted by Gasteiger charge is -2.04. The van der Waals surface area contributed by atoms with Gasteiger partial charge in [0.15, 0.2) is 0 Å². The molecular weight excluding hydrogens is 322 g/mol. The van der Waals surface area contributed by atoms with Gasteiger partial charge in [-0.3, -0.25) is 14.9 Å².